The number of nitrogens with zero attached hydrogens (tertiary/aromatic N) is 1. The van der Waals surface area contributed by atoms with Crippen molar-refractivity contribution in [1.82, 2.24) is 10.2 Å². The Labute approximate surface area is 147 Å². The fraction of sp³-hybridized carbons (Fsp3) is 0.500. The lowest BCUT2D eigenvalue weighted by molar-refractivity contribution is -0.143. The van der Waals surface area contributed by atoms with Gasteiger partial charge in [0.05, 0.1) is 5.92 Å². The quantitative estimate of drug-likeness (QED) is 0.609. The Bertz CT molecular complexity index is 544. The van der Waals surface area contributed by atoms with Crippen molar-refractivity contribution in [2.75, 3.05) is 20.1 Å². The molecular formula is C18H26N2O5. The van der Waals surface area contributed by atoms with Crippen LogP contribution in [-0.4, -0.2) is 59.6 Å². The van der Waals surface area contributed by atoms with Gasteiger partial charge < -0.3 is 20.4 Å². The van der Waals surface area contributed by atoms with E-state index in [1.807, 2.05) is 30.3 Å². The first kappa shape index (κ1) is 20.6. The second-order valence-electron chi connectivity index (χ2n) is 6.09. The number of benzene rings is 1. The Morgan fingerprint density at radius 1 is 1.32 bits per heavy atom. The van der Waals surface area contributed by atoms with Crippen LogP contribution in [0.4, 0.5) is 0 Å². The van der Waals surface area contributed by atoms with Gasteiger partial charge in [-0.2, -0.15) is 0 Å². The summed E-state index contributed by atoms with van der Waals surface area (Å²) in [6.45, 7) is 1.11. The van der Waals surface area contributed by atoms with Gasteiger partial charge in [0.25, 0.3) is 0 Å². The second-order valence-corrected chi connectivity index (χ2v) is 6.09. The molecule has 25 heavy (non-hydrogen) atoms. The molecule has 1 unspecified atom stereocenters. The van der Waals surface area contributed by atoms with Crippen molar-refractivity contribution in [3.63, 3.8) is 0 Å². The van der Waals surface area contributed by atoms with Crippen LogP contribution in [0.1, 0.15) is 24.8 Å². The number of rotatable bonds is 8. The van der Waals surface area contributed by atoms with E-state index in [0.717, 1.165) is 24.9 Å². The molecule has 2 atom stereocenters. The van der Waals surface area contributed by atoms with Crippen LogP contribution in [0.2, 0.25) is 0 Å². The van der Waals surface area contributed by atoms with E-state index >= 15 is 0 Å². The van der Waals surface area contributed by atoms with Crippen molar-refractivity contribution in [2.24, 2.45) is 5.92 Å². The van der Waals surface area contributed by atoms with Crippen molar-refractivity contribution in [3.8, 4) is 0 Å². The predicted molar refractivity (Wildman–Crippen MR) is 93.2 cm³/mol. The molecule has 0 radical (unpaired) electrons. The van der Waals surface area contributed by atoms with Crippen molar-refractivity contribution >= 4 is 18.3 Å². The van der Waals surface area contributed by atoms with Crippen LogP contribution in [0.3, 0.4) is 0 Å². The van der Waals surface area contributed by atoms with Crippen LogP contribution in [0.15, 0.2) is 30.3 Å². The Hall–Kier alpha value is -2.41. The highest BCUT2D eigenvalue weighted by Gasteiger charge is 2.20. The lowest BCUT2D eigenvalue weighted by Gasteiger charge is -2.17. The number of carboxylic acids is 2. The van der Waals surface area contributed by atoms with E-state index < -0.39 is 17.9 Å². The molecule has 0 aromatic heterocycles. The zero-order valence-corrected chi connectivity index (χ0v) is 14.4. The van der Waals surface area contributed by atoms with Crippen molar-refractivity contribution < 1.29 is 24.6 Å². The Morgan fingerprint density at radius 3 is 2.44 bits per heavy atom. The molecule has 1 amide bonds. The van der Waals surface area contributed by atoms with Gasteiger partial charge in [0.2, 0.25) is 6.41 Å². The van der Waals surface area contributed by atoms with E-state index in [1.165, 1.54) is 4.90 Å². The highest BCUT2D eigenvalue weighted by atomic mass is 16.4. The molecule has 0 saturated carbocycles. The predicted octanol–water partition coefficient (Wildman–Crippen LogP) is 1.23. The van der Waals surface area contributed by atoms with E-state index in [9.17, 15) is 14.4 Å². The summed E-state index contributed by atoms with van der Waals surface area (Å²) in [6, 6.07) is 9.48. The van der Waals surface area contributed by atoms with E-state index in [1.54, 1.807) is 7.05 Å². The van der Waals surface area contributed by atoms with Crippen molar-refractivity contribution in [3.05, 3.63) is 35.9 Å². The highest BCUT2D eigenvalue weighted by Crippen LogP contribution is 2.11. The minimum atomic E-state index is -0.852. The van der Waals surface area contributed by atoms with Crippen LogP contribution in [-0.2, 0) is 20.8 Å². The number of carbonyl (C=O) groups is 3. The maximum atomic E-state index is 11.0. The maximum Gasteiger partial charge on any atom is 0.320 e. The first-order valence-electron chi connectivity index (χ1n) is 8.32. The monoisotopic (exact) mass is 350 g/mol. The topological polar surface area (TPSA) is 107 Å². The van der Waals surface area contributed by atoms with Crippen molar-refractivity contribution in [1.29, 1.82) is 0 Å². The first-order valence-corrected chi connectivity index (χ1v) is 8.32. The van der Waals surface area contributed by atoms with Crippen LogP contribution >= 0.6 is 0 Å². The Balaban J connectivity index is 0.000000324. The summed E-state index contributed by atoms with van der Waals surface area (Å²) in [6.07, 6.45) is 3.69. The number of hydrogen-bond acceptors (Lipinski definition) is 4. The fourth-order valence-corrected chi connectivity index (χ4v) is 2.56. The van der Waals surface area contributed by atoms with E-state index in [4.69, 9.17) is 10.2 Å². The van der Waals surface area contributed by atoms with Gasteiger partial charge in [-0.3, -0.25) is 14.4 Å². The molecule has 1 saturated heterocycles. The summed E-state index contributed by atoms with van der Waals surface area (Å²) in [5.41, 5.74) is 1.12. The summed E-state index contributed by atoms with van der Waals surface area (Å²) in [5, 5.41) is 20.3. The van der Waals surface area contributed by atoms with Gasteiger partial charge in [-0.05, 0) is 37.8 Å². The van der Waals surface area contributed by atoms with Crippen LogP contribution < -0.4 is 5.32 Å². The lowest BCUT2D eigenvalue weighted by atomic mass is 9.99. The largest absolute Gasteiger partial charge is 0.481 e. The van der Waals surface area contributed by atoms with Gasteiger partial charge in [0.1, 0.15) is 6.04 Å². The molecule has 1 aliphatic rings. The van der Waals surface area contributed by atoms with E-state index in [0.29, 0.717) is 19.3 Å². The van der Waals surface area contributed by atoms with Gasteiger partial charge in [-0.1, -0.05) is 30.3 Å². The average Bonchev–Trinajstić information content (AvgIpc) is 3.14. The third-order valence-corrected chi connectivity index (χ3v) is 4.02. The first-order chi connectivity index (χ1) is 11.9. The number of aliphatic carboxylic acids is 2. The molecule has 7 nitrogen and oxygen atoms in total. The molecule has 138 valence electrons. The molecule has 3 N–H and O–H groups in total. The zero-order chi connectivity index (χ0) is 18.7. The minimum absolute atomic E-state index is 0.256. The summed E-state index contributed by atoms with van der Waals surface area (Å²) < 4.78 is 0. The number of carbonyl (C=O) groups excluding carboxylic acids is 1. The summed E-state index contributed by atoms with van der Waals surface area (Å²) >= 11 is 0. The van der Waals surface area contributed by atoms with Gasteiger partial charge in [0, 0.05) is 13.6 Å². The lowest BCUT2D eigenvalue weighted by Crippen LogP contribution is -2.29. The summed E-state index contributed by atoms with van der Waals surface area (Å²) in [4.78, 5) is 33.0. The van der Waals surface area contributed by atoms with Gasteiger partial charge in [-0.15, -0.1) is 0 Å². The van der Waals surface area contributed by atoms with Crippen LogP contribution in [0.5, 0.6) is 0 Å². The smallest absolute Gasteiger partial charge is 0.320 e. The van der Waals surface area contributed by atoms with Gasteiger partial charge >= 0.3 is 11.9 Å². The average molecular weight is 350 g/mol. The third kappa shape index (κ3) is 8.30. The van der Waals surface area contributed by atoms with E-state index in [2.05, 4.69) is 5.32 Å². The molecule has 1 aliphatic heterocycles. The second kappa shape index (κ2) is 11.2. The van der Waals surface area contributed by atoms with Gasteiger partial charge in [0.15, 0.2) is 0 Å². The molecule has 1 fully saturated rings. The molecule has 1 aromatic carbocycles. The molecule has 1 aromatic rings. The number of nitrogens with one attached hydrogen (secondary N) is 1. The third-order valence-electron chi connectivity index (χ3n) is 4.02. The van der Waals surface area contributed by atoms with Crippen molar-refractivity contribution in [2.45, 2.75) is 31.7 Å². The Morgan fingerprint density at radius 2 is 2.00 bits per heavy atom. The summed E-state index contributed by atoms with van der Waals surface area (Å²) in [7, 11) is 1.59. The minimum Gasteiger partial charge on any atom is -0.481 e. The van der Waals surface area contributed by atoms with Crippen LogP contribution in [0.25, 0.3) is 0 Å². The Kier molecular flexibility index (Phi) is 9.24. The zero-order valence-electron chi connectivity index (χ0n) is 14.4. The molecule has 1 heterocycles. The number of aryl methyl sites for hydroxylation is 1. The molecule has 0 spiro atoms. The highest BCUT2D eigenvalue weighted by molar-refractivity contribution is 5.73. The molecular weight excluding hydrogens is 324 g/mol. The van der Waals surface area contributed by atoms with Gasteiger partial charge in [-0.25, -0.2) is 0 Å². The van der Waals surface area contributed by atoms with Crippen LogP contribution in [0, 0.1) is 5.92 Å². The maximum absolute atomic E-state index is 11.0. The van der Waals surface area contributed by atoms with E-state index in [-0.39, 0.29) is 12.6 Å². The summed E-state index contributed by atoms with van der Waals surface area (Å²) in [5.74, 6) is -2.08. The number of amides is 1. The normalized spacial score (nSPS) is 17.1. The SMILES string of the molecule is CN(C=O)CC(CCc1ccccc1)C(=O)O.O=C(O)[C@@H]1CCCN1. The molecule has 0 aliphatic carbocycles. The molecule has 2 rings (SSSR count). The molecule has 7 heteroatoms. The number of hydrogen-bond donors (Lipinski definition) is 3. The standard InChI is InChI=1S/C13H17NO3.C5H9NO2/c1-14(10-15)9-12(13(16)17)8-7-11-5-3-2-4-6-11;7-5(8)4-2-1-3-6-4/h2-6,10,12H,7-9H2,1H3,(H,16,17);4,6H,1-3H2,(H,7,8)/t;4-/m.0/s1. The molecule has 0 bridgehead atoms. The number of carboxylic acid groups (broad SMARTS) is 2. The fourth-order valence-electron chi connectivity index (χ4n) is 2.56.